The van der Waals surface area contributed by atoms with Gasteiger partial charge in [0, 0.05) is 22.8 Å². The molecule has 0 atom stereocenters. The lowest BCUT2D eigenvalue weighted by molar-refractivity contribution is 0.402. The summed E-state index contributed by atoms with van der Waals surface area (Å²) >= 11 is 5.98. The predicted octanol–water partition coefficient (Wildman–Crippen LogP) is 2.44. The molecular weight excluding hydrogens is 350 g/mol. The summed E-state index contributed by atoms with van der Waals surface area (Å²) in [6.07, 6.45) is 3.66. The number of nitrogens with two attached hydrogens (primary N) is 1. The zero-order chi connectivity index (χ0) is 17.3. The molecule has 126 valence electrons. The minimum absolute atomic E-state index is 0.0145. The summed E-state index contributed by atoms with van der Waals surface area (Å²) in [5.41, 5.74) is 6.80. The fourth-order valence-electron chi connectivity index (χ4n) is 2.59. The van der Waals surface area contributed by atoms with E-state index < -0.39 is 10.0 Å². The van der Waals surface area contributed by atoms with Crippen LogP contribution in [0.3, 0.4) is 0 Å². The number of halogens is 1. The third-order valence-corrected chi connectivity index (χ3v) is 5.60. The standard InChI is InChI=1S/C16H16ClN3O3S/c1-23-14-5-4-12(17)9-15(14)24(21,22)20-10-11(6-7-18)13-3-2-8-19-16(13)20/h2-5,8-10H,6-7,18H2,1H3. The van der Waals surface area contributed by atoms with Gasteiger partial charge in [-0.25, -0.2) is 17.4 Å². The Morgan fingerprint density at radius 1 is 1.33 bits per heavy atom. The zero-order valence-corrected chi connectivity index (χ0v) is 14.5. The number of pyridine rings is 1. The Hall–Kier alpha value is -2.09. The van der Waals surface area contributed by atoms with Gasteiger partial charge in [-0.3, -0.25) is 0 Å². The van der Waals surface area contributed by atoms with E-state index in [0.29, 0.717) is 23.6 Å². The van der Waals surface area contributed by atoms with Crippen molar-refractivity contribution in [1.29, 1.82) is 0 Å². The van der Waals surface area contributed by atoms with Crippen molar-refractivity contribution in [2.24, 2.45) is 5.73 Å². The number of fused-ring (bicyclic) bond motifs is 1. The second-order valence-electron chi connectivity index (χ2n) is 5.16. The molecule has 24 heavy (non-hydrogen) atoms. The number of methoxy groups -OCH3 is 1. The van der Waals surface area contributed by atoms with Gasteiger partial charge in [-0.2, -0.15) is 0 Å². The third-order valence-electron chi connectivity index (χ3n) is 3.69. The number of hydrogen-bond donors (Lipinski definition) is 1. The van der Waals surface area contributed by atoms with Crippen molar-refractivity contribution in [1.82, 2.24) is 8.96 Å². The molecule has 0 saturated heterocycles. The first-order chi connectivity index (χ1) is 11.5. The Morgan fingerprint density at radius 3 is 2.83 bits per heavy atom. The van der Waals surface area contributed by atoms with E-state index in [0.717, 1.165) is 14.9 Å². The Kier molecular flexibility index (Phi) is 4.49. The second-order valence-corrected chi connectivity index (χ2v) is 7.38. The van der Waals surface area contributed by atoms with Crippen molar-refractivity contribution in [2.45, 2.75) is 11.3 Å². The van der Waals surface area contributed by atoms with Crippen LogP contribution in [0.1, 0.15) is 5.56 Å². The molecule has 0 unspecified atom stereocenters. The highest BCUT2D eigenvalue weighted by atomic mass is 35.5. The fraction of sp³-hybridized carbons (Fsp3) is 0.188. The molecule has 0 aliphatic carbocycles. The lowest BCUT2D eigenvalue weighted by atomic mass is 10.2. The molecule has 0 aliphatic rings. The molecule has 0 spiro atoms. The summed E-state index contributed by atoms with van der Waals surface area (Å²) in [7, 11) is -2.51. The second kappa shape index (κ2) is 6.43. The van der Waals surface area contributed by atoms with Crippen LogP contribution < -0.4 is 10.5 Å². The number of rotatable bonds is 5. The van der Waals surface area contributed by atoms with E-state index in [4.69, 9.17) is 22.1 Å². The lowest BCUT2D eigenvalue weighted by Crippen LogP contribution is -2.14. The molecular formula is C16H16ClN3O3S. The first kappa shape index (κ1) is 16.8. The fourth-order valence-corrected chi connectivity index (χ4v) is 4.36. The topological polar surface area (TPSA) is 87.2 Å². The molecule has 0 radical (unpaired) electrons. The Labute approximate surface area is 144 Å². The number of ether oxygens (including phenoxy) is 1. The van der Waals surface area contributed by atoms with E-state index in [9.17, 15) is 8.42 Å². The van der Waals surface area contributed by atoms with Crippen molar-refractivity contribution >= 4 is 32.7 Å². The molecule has 2 aromatic heterocycles. The lowest BCUT2D eigenvalue weighted by Gasteiger charge is -2.11. The highest BCUT2D eigenvalue weighted by molar-refractivity contribution is 7.90. The number of aromatic nitrogens is 2. The van der Waals surface area contributed by atoms with E-state index in [1.54, 1.807) is 24.5 Å². The van der Waals surface area contributed by atoms with Gasteiger partial charge in [-0.1, -0.05) is 11.6 Å². The highest BCUT2D eigenvalue weighted by Crippen LogP contribution is 2.31. The van der Waals surface area contributed by atoms with Crippen LogP contribution in [0.2, 0.25) is 5.02 Å². The zero-order valence-electron chi connectivity index (χ0n) is 12.9. The van der Waals surface area contributed by atoms with Gasteiger partial charge in [0.1, 0.15) is 10.6 Å². The average Bonchev–Trinajstić information content (AvgIpc) is 2.95. The average molecular weight is 366 g/mol. The summed E-state index contributed by atoms with van der Waals surface area (Å²) < 4.78 is 32.6. The largest absolute Gasteiger partial charge is 0.495 e. The van der Waals surface area contributed by atoms with Crippen molar-refractivity contribution in [3.8, 4) is 5.75 Å². The molecule has 0 aliphatic heterocycles. The van der Waals surface area contributed by atoms with Crippen molar-refractivity contribution in [3.63, 3.8) is 0 Å². The third kappa shape index (κ3) is 2.75. The van der Waals surface area contributed by atoms with Gasteiger partial charge in [0.15, 0.2) is 5.65 Å². The summed E-state index contributed by atoms with van der Waals surface area (Å²) in [5.74, 6) is 0.220. The van der Waals surface area contributed by atoms with E-state index in [1.165, 1.54) is 19.2 Å². The number of hydrogen-bond acceptors (Lipinski definition) is 5. The van der Waals surface area contributed by atoms with Crippen LogP contribution in [0.5, 0.6) is 5.75 Å². The first-order valence-corrected chi connectivity index (χ1v) is 9.05. The monoisotopic (exact) mass is 365 g/mol. The normalized spacial score (nSPS) is 11.8. The molecule has 3 aromatic rings. The maximum atomic E-state index is 13.2. The molecule has 0 bridgehead atoms. The van der Waals surface area contributed by atoms with Gasteiger partial charge in [0.25, 0.3) is 10.0 Å². The van der Waals surface area contributed by atoms with Gasteiger partial charge < -0.3 is 10.5 Å². The van der Waals surface area contributed by atoms with E-state index in [1.807, 2.05) is 6.07 Å². The van der Waals surface area contributed by atoms with Gasteiger partial charge in [0.2, 0.25) is 0 Å². The molecule has 1 aromatic carbocycles. The predicted molar refractivity (Wildman–Crippen MR) is 93.1 cm³/mol. The van der Waals surface area contributed by atoms with Gasteiger partial charge in [0.05, 0.1) is 7.11 Å². The van der Waals surface area contributed by atoms with Crippen LogP contribution >= 0.6 is 11.6 Å². The molecule has 0 saturated carbocycles. The van der Waals surface area contributed by atoms with Crippen LogP contribution in [0.4, 0.5) is 0 Å². The summed E-state index contributed by atoms with van der Waals surface area (Å²) in [6, 6.07) is 8.06. The maximum absolute atomic E-state index is 13.2. The minimum Gasteiger partial charge on any atom is -0.495 e. The van der Waals surface area contributed by atoms with Crippen molar-refractivity contribution < 1.29 is 13.2 Å². The molecule has 0 fully saturated rings. The first-order valence-electron chi connectivity index (χ1n) is 7.23. The highest BCUT2D eigenvalue weighted by Gasteiger charge is 2.25. The van der Waals surface area contributed by atoms with Crippen molar-refractivity contribution in [3.05, 3.63) is 53.3 Å². The van der Waals surface area contributed by atoms with Gasteiger partial charge in [-0.05, 0) is 48.9 Å². The van der Waals surface area contributed by atoms with Crippen LogP contribution in [-0.4, -0.2) is 31.0 Å². The van der Waals surface area contributed by atoms with Crippen LogP contribution in [0, 0.1) is 0 Å². The molecule has 6 nitrogen and oxygen atoms in total. The van der Waals surface area contributed by atoms with Crippen LogP contribution in [0.15, 0.2) is 47.6 Å². The smallest absolute Gasteiger partial charge is 0.273 e. The van der Waals surface area contributed by atoms with Gasteiger partial charge in [-0.15, -0.1) is 0 Å². The Bertz CT molecular complexity index is 999. The Morgan fingerprint density at radius 2 is 2.12 bits per heavy atom. The molecule has 2 N–H and O–H groups in total. The van der Waals surface area contributed by atoms with E-state index >= 15 is 0 Å². The SMILES string of the molecule is COc1ccc(Cl)cc1S(=O)(=O)n1cc(CCN)c2cccnc21. The quantitative estimate of drug-likeness (QED) is 0.750. The summed E-state index contributed by atoms with van der Waals surface area (Å²) in [5, 5.41) is 1.06. The number of benzene rings is 1. The summed E-state index contributed by atoms with van der Waals surface area (Å²) in [6.45, 7) is 0.411. The Balaban J connectivity index is 2.29. The van der Waals surface area contributed by atoms with E-state index in [-0.39, 0.29) is 10.6 Å². The van der Waals surface area contributed by atoms with Crippen LogP contribution in [-0.2, 0) is 16.4 Å². The molecule has 3 rings (SSSR count). The molecule has 2 heterocycles. The van der Waals surface area contributed by atoms with Crippen molar-refractivity contribution in [2.75, 3.05) is 13.7 Å². The minimum atomic E-state index is -3.92. The molecule has 0 amide bonds. The molecule has 8 heteroatoms. The summed E-state index contributed by atoms with van der Waals surface area (Å²) in [4.78, 5) is 4.21. The van der Waals surface area contributed by atoms with Crippen LogP contribution in [0.25, 0.3) is 11.0 Å². The number of nitrogens with zero attached hydrogens (tertiary/aromatic N) is 2. The van der Waals surface area contributed by atoms with E-state index in [2.05, 4.69) is 4.98 Å². The maximum Gasteiger partial charge on any atom is 0.273 e. The van der Waals surface area contributed by atoms with Gasteiger partial charge >= 0.3 is 0 Å².